The molecule has 0 saturated carbocycles. The van der Waals surface area contributed by atoms with Crippen LogP contribution < -0.4 is 14.4 Å². The van der Waals surface area contributed by atoms with Crippen LogP contribution in [0.25, 0.3) is 0 Å². The van der Waals surface area contributed by atoms with E-state index in [0.29, 0.717) is 29.6 Å². The summed E-state index contributed by atoms with van der Waals surface area (Å²) in [4.78, 5) is 17.1. The van der Waals surface area contributed by atoms with E-state index in [1.807, 2.05) is 18.2 Å². The summed E-state index contributed by atoms with van der Waals surface area (Å²) in [5, 5.41) is 10.8. The molecule has 0 bridgehead atoms. The van der Waals surface area contributed by atoms with Crippen LogP contribution in [-0.4, -0.2) is 37.6 Å². The molecule has 1 fully saturated rings. The zero-order valence-electron chi connectivity index (χ0n) is 18.1. The number of hydrogen-bond donors (Lipinski definition) is 0. The van der Waals surface area contributed by atoms with Crippen molar-refractivity contribution < 1.29 is 14.3 Å². The zero-order chi connectivity index (χ0) is 22.1. The largest absolute Gasteiger partial charge is 0.493 e. The van der Waals surface area contributed by atoms with E-state index in [1.165, 1.54) is 22.9 Å². The normalized spacial score (nSPS) is 18.5. The number of allylic oxidation sites excluding steroid dienone is 1. The fourth-order valence-electron chi connectivity index (χ4n) is 4.10. The van der Waals surface area contributed by atoms with E-state index < -0.39 is 0 Å². The van der Waals surface area contributed by atoms with Crippen molar-refractivity contribution in [2.75, 3.05) is 31.7 Å². The monoisotopic (exact) mass is 435 g/mol. The molecule has 1 saturated heterocycles. The summed E-state index contributed by atoms with van der Waals surface area (Å²) in [5.74, 6) is 1.49. The first-order chi connectivity index (χ1) is 15.0. The number of fused-ring (bicyclic) bond motifs is 1. The van der Waals surface area contributed by atoms with Gasteiger partial charge in [0.2, 0.25) is 5.91 Å². The number of para-hydroxylation sites is 1. The van der Waals surface area contributed by atoms with Gasteiger partial charge >= 0.3 is 0 Å². The van der Waals surface area contributed by atoms with Crippen LogP contribution in [0.3, 0.4) is 0 Å². The van der Waals surface area contributed by atoms with E-state index in [9.17, 15) is 10.1 Å². The van der Waals surface area contributed by atoms with Gasteiger partial charge in [-0.3, -0.25) is 9.69 Å². The van der Waals surface area contributed by atoms with Gasteiger partial charge in [0.05, 0.1) is 43.4 Å². The van der Waals surface area contributed by atoms with Crippen molar-refractivity contribution in [1.82, 2.24) is 4.90 Å². The molecule has 160 valence electrons. The quantitative estimate of drug-likeness (QED) is 0.703. The summed E-state index contributed by atoms with van der Waals surface area (Å²) < 4.78 is 11.0. The van der Waals surface area contributed by atoms with Gasteiger partial charge in [-0.25, -0.2) is 0 Å². The molecule has 1 amide bonds. The topological polar surface area (TPSA) is 65.8 Å². The number of carbonyl (C=O) groups excluding carboxylic acids is 1. The number of anilines is 1. The molecule has 31 heavy (non-hydrogen) atoms. The van der Waals surface area contributed by atoms with Crippen molar-refractivity contribution in [2.24, 2.45) is 0 Å². The van der Waals surface area contributed by atoms with Gasteiger partial charge in [0.1, 0.15) is 0 Å². The highest BCUT2D eigenvalue weighted by atomic mass is 32.2. The van der Waals surface area contributed by atoms with Gasteiger partial charge in [0, 0.05) is 23.6 Å². The molecule has 2 aliphatic heterocycles. The summed E-state index contributed by atoms with van der Waals surface area (Å²) in [6.07, 6.45) is 0.219. The average molecular weight is 436 g/mol. The highest BCUT2D eigenvalue weighted by molar-refractivity contribution is 8.03. The minimum Gasteiger partial charge on any atom is -0.493 e. The number of rotatable bonds is 4. The summed E-state index contributed by atoms with van der Waals surface area (Å²) in [7, 11) is 3.16. The zero-order valence-corrected chi connectivity index (χ0v) is 19.0. The SMILES string of the molecule is COc1cccc([C@@H]2CC(=O)N3CN(c4ccc(C)c(C)c4)CSC3=C2C#N)c1OC. The average Bonchev–Trinajstić information content (AvgIpc) is 2.80. The number of hydrogen-bond acceptors (Lipinski definition) is 6. The maximum absolute atomic E-state index is 13.2. The third kappa shape index (κ3) is 3.72. The lowest BCUT2D eigenvalue weighted by Gasteiger charge is -2.42. The van der Waals surface area contributed by atoms with Gasteiger partial charge in [0.25, 0.3) is 0 Å². The van der Waals surface area contributed by atoms with Crippen molar-refractivity contribution in [3.8, 4) is 17.6 Å². The lowest BCUT2D eigenvalue weighted by atomic mass is 9.85. The molecule has 0 N–H and O–H groups in total. The predicted molar refractivity (Wildman–Crippen MR) is 122 cm³/mol. The Labute approximate surface area is 187 Å². The van der Waals surface area contributed by atoms with Gasteiger partial charge in [-0.05, 0) is 43.2 Å². The molecule has 2 aromatic rings. The third-order valence-corrected chi connectivity index (χ3v) is 7.11. The van der Waals surface area contributed by atoms with E-state index >= 15 is 0 Å². The van der Waals surface area contributed by atoms with Crippen molar-refractivity contribution >= 4 is 23.4 Å². The van der Waals surface area contributed by atoms with E-state index in [-0.39, 0.29) is 18.2 Å². The first-order valence-corrected chi connectivity index (χ1v) is 11.1. The molecule has 4 rings (SSSR count). The second kappa shape index (κ2) is 8.56. The summed E-state index contributed by atoms with van der Waals surface area (Å²) in [6, 6.07) is 14.3. The number of nitrogens with zero attached hydrogens (tertiary/aromatic N) is 3. The lowest BCUT2D eigenvalue weighted by Crippen LogP contribution is -2.47. The van der Waals surface area contributed by atoms with Gasteiger partial charge in [-0.1, -0.05) is 30.0 Å². The Kier molecular flexibility index (Phi) is 5.84. The van der Waals surface area contributed by atoms with Crippen molar-refractivity contribution in [2.45, 2.75) is 26.2 Å². The Morgan fingerprint density at radius 2 is 1.94 bits per heavy atom. The van der Waals surface area contributed by atoms with Crippen LogP contribution in [0.1, 0.15) is 29.0 Å². The molecule has 0 unspecified atom stereocenters. The molecule has 6 nitrogen and oxygen atoms in total. The third-order valence-electron chi connectivity index (χ3n) is 5.96. The molecular formula is C24H25N3O3S. The Morgan fingerprint density at radius 1 is 1.13 bits per heavy atom. The second-order valence-electron chi connectivity index (χ2n) is 7.72. The van der Waals surface area contributed by atoms with E-state index in [4.69, 9.17) is 9.47 Å². The number of benzene rings is 2. The van der Waals surface area contributed by atoms with Crippen LogP contribution >= 0.6 is 11.8 Å². The smallest absolute Gasteiger partial charge is 0.229 e. The fourth-order valence-corrected chi connectivity index (χ4v) is 5.27. The molecule has 7 heteroatoms. The maximum Gasteiger partial charge on any atom is 0.229 e. The summed E-state index contributed by atoms with van der Waals surface area (Å²) in [6.45, 7) is 4.62. The minimum atomic E-state index is -0.352. The number of carbonyl (C=O) groups is 1. The summed E-state index contributed by atoms with van der Waals surface area (Å²) >= 11 is 1.53. The van der Waals surface area contributed by atoms with Crippen LogP contribution in [0.5, 0.6) is 11.5 Å². The van der Waals surface area contributed by atoms with Crippen molar-refractivity contribution in [3.05, 3.63) is 63.7 Å². The Hall–Kier alpha value is -3.11. The standard InChI is InChI=1S/C24H25N3O3S/c1-15-8-9-17(10-16(15)2)26-13-27-22(28)11-19(20(12-25)24(27)31-14-26)18-6-5-7-21(29-3)23(18)30-4/h5-10,19H,11,13-14H2,1-4H3/t19-/m0/s1. The van der Waals surface area contributed by atoms with Gasteiger partial charge in [-0.15, -0.1) is 0 Å². The molecular weight excluding hydrogens is 410 g/mol. The number of nitriles is 1. The van der Waals surface area contributed by atoms with Crippen molar-refractivity contribution in [3.63, 3.8) is 0 Å². The number of methoxy groups -OCH3 is 2. The molecule has 0 radical (unpaired) electrons. The van der Waals surface area contributed by atoms with Crippen LogP contribution in [0.2, 0.25) is 0 Å². The van der Waals surface area contributed by atoms with E-state index in [0.717, 1.165) is 16.3 Å². The lowest BCUT2D eigenvalue weighted by molar-refractivity contribution is -0.129. The number of ether oxygens (including phenoxy) is 2. The Balaban J connectivity index is 1.70. The van der Waals surface area contributed by atoms with E-state index in [2.05, 4.69) is 43.0 Å². The van der Waals surface area contributed by atoms with Gasteiger partial charge < -0.3 is 14.4 Å². The predicted octanol–water partition coefficient (Wildman–Crippen LogP) is 4.54. The molecule has 2 aromatic carbocycles. The Bertz CT molecular complexity index is 1110. The van der Waals surface area contributed by atoms with Crippen LogP contribution in [0.4, 0.5) is 5.69 Å². The highest BCUT2D eigenvalue weighted by Gasteiger charge is 2.39. The van der Waals surface area contributed by atoms with E-state index in [1.54, 1.807) is 19.1 Å². The minimum absolute atomic E-state index is 0.00454. The first kappa shape index (κ1) is 21.1. The molecule has 0 aliphatic carbocycles. The molecule has 2 aliphatic rings. The molecule has 0 spiro atoms. The molecule has 1 atom stereocenters. The van der Waals surface area contributed by atoms with Crippen LogP contribution in [-0.2, 0) is 4.79 Å². The first-order valence-electron chi connectivity index (χ1n) is 10.1. The van der Waals surface area contributed by atoms with Gasteiger partial charge in [0.15, 0.2) is 11.5 Å². The molecule has 0 aromatic heterocycles. The van der Waals surface area contributed by atoms with Crippen molar-refractivity contribution in [1.29, 1.82) is 5.26 Å². The van der Waals surface area contributed by atoms with Crippen LogP contribution in [0.15, 0.2) is 47.0 Å². The molecule has 2 heterocycles. The second-order valence-corrected chi connectivity index (χ2v) is 8.65. The fraction of sp³-hybridized carbons (Fsp3) is 0.333. The van der Waals surface area contributed by atoms with Gasteiger partial charge in [-0.2, -0.15) is 5.26 Å². The maximum atomic E-state index is 13.2. The van der Waals surface area contributed by atoms with Crippen LogP contribution in [0, 0.1) is 25.2 Å². The number of amides is 1. The summed E-state index contributed by atoms with van der Waals surface area (Å²) in [5.41, 5.74) is 4.95. The number of aryl methyl sites for hydroxylation is 2. The number of thioether (sulfide) groups is 1. The highest BCUT2D eigenvalue weighted by Crippen LogP contribution is 2.47. The Morgan fingerprint density at radius 3 is 2.61 bits per heavy atom.